The zero-order valence-corrected chi connectivity index (χ0v) is 10.9. The summed E-state index contributed by atoms with van der Waals surface area (Å²) in [6, 6.07) is 0. The van der Waals surface area contributed by atoms with E-state index in [-0.39, 0.29) is 0 Å². The number of esters is 1. The number of carbonyl (C=O) groups is 1. The standard InChI is InChI=1S/C10H15F2NO5S/c11-10(12,19(15,16)17)8-18-9(14)4-7-13-5-2-1-3-6-13/h4,7H,1-3,5-6,8H2,(H,15,16,17). The number of piperidine rings is 1. The van der Waals surface area contributed by atoms with E-state index < -0.39 is 27.9 Å². The van der Waals surface area contributed by atoms with E-state index in [4.69, 9.17) is 4.55 Å². The van der Waals surface area contributed by atoms with Gasteiger partial charge in [0.25, 0.3) is 0 Å². The van der Waals surface area contributed by atoms with E-state index in [1.807, 2.05) is 4.90 Å². The van der Waals surface area contributed by atoms with Crippen LogP contribution in [0.4, 0.5) is 8.78 Å². The molecule has 1 aliphatic rings. The second-order valence-corrected chi connectivity index (χ2v) is 5.68. The van der Waals surface area contributed by atoms with Gasteiger partial charge in [-0.25, -0.2) is 4.79 Å². The third kappa shape index (κ3) is 5.11. The second-order valence-electron chi connectivity index (χ2n) is 4.13. The van der Waals surface area contributed by atoms with Gasteiger partial charge in [-0.1, -0.05) is 0 Å². The van der Waals surface area contributed by atoms with Crippen LogP contribution in [0.5, 0.6) is 0 Å². The molecule has 0 aromatic rings. The van der Waals surface area contributed by atoms with Crippen molar-refractivity contribution in [2.45, 2.75) is 24.5 Å². The van der Waals surface area contributed by atoms with Crippen molar-refractivity contribution in [2.24, 2.45) is 0 Å². The van der Waals surface area contributed by atoms with Crippen molar-refractivity contribution in [3.05, 3.63) is 12.3 Å². The lowest BCUT2D eigenvalue weighted by Crippen LogP contribution is -2.34. The van der Waals surface area contributed by atoms with E-state index >= 15 is 0 Å². The normalized spacial score (nSPS) is 17.7. The molecule has 1 saturated heterocycles. The fourth-order valence-corrected chi connectivity index (χ4v) is 1.72. The zero-order valence-electron chi connectivity index (χ0n) is 10.1. The molecule has 1 N–H and O–H groups in total. The van der Waals surface area contributed by atoms with E-state index in [9.17, 15) is 22.0 Å². The summed E-state index contributed by atoms with van der Waals surface area (Å²) in [7, 11) is -5.58. The average Bonchev–Trinajstić information content (AvgIpc) is 2.34. The maximum Gasteiger partial charge on any atom is 0.402 e. The number of nitrogens with zero attached hydrogens (tertiary/aromatic N) is 1. The van der Waals surface area contributed by atoms with Crippen molar-refractivity contribution in [1.82, 2.24) is 4.90 Å². The van der Waals surface area contributed by atoms with Crippen molar-refractivity contribution in [2.75, 3.05) is 19.7 Å². The van der Waals surface area contributed by atoms with E-state index in [0.717, 1.165) is 38.4 Å². The van der Waals surface area contributed by atoms with Crippen molar-refractivity contribution < 1.29 is 31.3 Å². The molecule has 1 heterocycles. The topological polar surface area (TPSA) is 83.9 Å². The van der Waals surface area contributed by atoms with Crippen molar-refractivity contribution >= 4 is 16.1 Å². The van der Waals surface area contributed by atoms with Crippen molar-refractivity contribution in [1.29, 1.82) is 0 Å². The fraction of sp³-hybridized carbons (Fsp3) is 0.700. The van der Waals surface area contributed by atoms with E-state index in [1.165, 1.54) is 6.20 Å². The molecule has 1 fully saturated rings. The van der Waals surface area contributed by atoms with Crippen LogP contribution in [0.1, 0.15) is 19.3 Å². The SMILES string of the molecule is O=C(C=CN1CCCCC1)OCC(F)(F)S(=O)(=O)O. The van der Waals surface area contributed by atoms with Gasteiger partial charge in [0.2, 0.25) is 0 Å². The third-order valence-corrected chi connectivity index (χ3v) is 3.44. The molecule has 0 aromatic heterocycles. The first-order valence-electron chi connectivity index (χ1n) is 5.66. The summed E-state index contributed by atoms with van der Waals surface area (Å²) in [6.07, 6.45) is 5.45. The molecule has 110 valence electrons. The number of hydrogen-bond acceptors (Lipinski definition) is 5. The van der Waals surface area contributed by atoms with E-state index in [1.54, 1.807) is 0 Å². The van der Waals surface area contributed by atoms with Gasteiger partial charge in [-0.3, -0.25) is 4.55 Å². The molecule has 0 amide bonds. The Bertz CT molecular complexity index is 443. The van der Waals surface area contributed by atoms with Crippen LogP contribution >= 0.6 is 0 Å². The Morgan fingerprint density at radius 3 is 2.42 bits per heavy atom. The summed E-state index contributed by atoms with van der Waals surface area (Å²) in [5.41, 5.74) is 0. The van der Waals surface area contributed by atoms with Gasteiger partial charge in [-0.15, -0.1) is 0 Å². The van der Waals surface area contributed by atoms with Crippen LogP contribution in [0.15, 0.2) is 12.3 Å². The summed E-state index contributed by atoms with van der Waals surface area (Å²) in [5.74, 6) is -1.09. The Kier molecular flexibility index (Phi) is 5.24. The highest BCUT2D eigenvalue weighted by molar-refractivity contribution is 7.86. The Morgan fingerprint density at radius 1 is 1.32 bits per heavy atom. The molecule has 1 aliphatic heterocycles. The maximum atomic E-state index is 12.7. The summed E-state index contributed by atoms with van der Waals surface area (Å²) in [6.45, 7) is -0.176. The van der Waals surface area contributed by atoms with Gasteiger partial charge in [0.1, 0.15) is 0 Å². The summed E-state index contributed by atoms with van der Waals surface area (Å²) in [5, 5.41) is -4.50. The number of carbonyl (C=O) groups excluding carboxylic acids is 1. The quantitative estimate of drug-likeness (QED) is 0.463. The van der Waals surface area contributed by atoms with Gasteiger partial charge >= 0.3 is 21.3 Å². The molecule has 0 unspecified atom stereocenters. The number of hydrogen-bond donors (Lipinski definition) is 1. The zero-order chi connectivity index (χ0) is 14.5. The van der Waals surface area contributed by atoms with Gasteiger partial charge < -0.3 is 9.64 Å². The minimum Gasteiger partial charge on any atom is -0.455 e. The van der Waals surface area contributed by atoms with Crippen LogP contribution in [0.3, 0.4) is 0 Å². The number of halogens is 2. The third-order valence-electron chi connectivity index (χ3n) is 2.57. The van der Waals surface area contributed by atoms with Gasteiger partial charge in [-0.2, -0.15) is 17.2 Å². The minimum absolute atomic E-state index is 0.769. The number of rotatable bonds is 5. The first kappa shape index (κ1) is 15.8. The van der Waals surface area contributed by atoms with Crippen LogP contribution < -0.4 is 0 Å². The molecule has 1 rings (SSSR count). The Morgan fingerprint density at radius 2 is 1.89 bits per heavy atom. The monoisotopic (exact) mass is 299 g/mol. The van der Waals surface area contributed by atoms with Gasteiger partial charge in [-0.05, 0) is 19.3 Å². The summed E-state index contributed by atoms with van der Waals surface area (Å²) < 4.78 is 58.3. The lowest BCUT2D eigenvalue weighted by atomic mass is 10.1. The molecule has 19 heavy (non-hydrogen) atoms. The van der Waals surface area contributed by atoms with Crippen LogP contribution in [0, 0.1) is 0 Å². The van der Waals surface area contributed by atoms with Crippen LogP contribution in [-0.2, 0) is 19.6 Å². The molecule has 0 bridgehead atoms. The summed E-state index contributed by atoms with van der Waals surface area (Å²) in [4.78, 5) is 13.0. The molecular weight excluding hydrogens is 284 g/mol. The molecule has 9 heteroatoms. The van der Waals surface area contributed by atoms with E-state index in [0.29, 0.717) is 0 Å². The predicted octanol–water partition coefficient (Wildman–Crippen LogP) is 1.01. The highest BCUT2D eigenvalue weighted by Gasteiger charge is 2.45. The lowest BCUT2D eigenvalue weighted by molar-refractivity contribution is -0.143. The lowest BCUT2D eigenvalue weighted by Gasteiger charge is -2.24. The largest absolute Gasteiger partial charge is 0.455 e. The Balaban J connectivity index is 2.41. The van der Waals surface area contributed by atoms with Gasteiger partial charge in [0.05, 0.1) is 0 Å². The molecule has 0 spiro atoms. The second kappa shape index (κ2) is 6.29. The van der Waals surface area contributed by atoms with Crippen LogP contribution in [0.25, 0.3) is 0 Å². The number of likely N-dealkylation sites (tertiary alicyclic amines) is 1. The Labute approximate surface area is 109 Å². The number of alkyl halides is 2. The minimum atomic E-state index is -5.58. The van der Waals surface area contributed by atoms with Crippen molar-refractivity contribution in [3.63, 3.8) is 0 Å². The fourth-order valence-electron chi connectivity index (χ4n) is 1.51. The first-order chi connectivity index (χ1) is 8.72. The average molecular weight is 299 g/mol. The Hall–Kier alpha value is -1.22. The molecule has 0 aromatic carbocycles. The molecule has 0 atom stereocenters. The van der Waals surface area contributed by atoms with Crippen molar-refractivity contribution in [3.8, 4) is 0 Å². The molecule has 0 aliphatic carbocycles. The smallest absolute Gasteiger partial charge is 0.402 e. The van der Waals surface area contributed by atoms with Crippen LogP contribution in [0.2, 0.25) is 0 Å². The molecule has 0 saturated carbocycles. The van der Waals surface area contributed by atoms with Crippen LogP contribution in [-0.4, -0.2) is 48.8 Å². The van der Waals surface area contributed by atoms with Gasteiger partial charge in [0, 0.05) is 25.4 Å². The molecule has 6 nitrogen and oxygen atoms in total. The highest BCUT2D eigenvalue weighted by atomic mass is 32.2. The highest BCUT2D eigenvalue weighted by Crippen LogP contribution is 2.20. The maximum absolute atomic E-state index is 12.7. The molecular formula is C10H15F2NO5S. The molecule has 0 radical (unpaired) electrons. The first-order valence-corrected chi connectivity index (χ1v) is 7.10. The summed E-state index contributed by atoms with van der Waals surface area (Å²) >= 11 is 0. The van der Waals surface area contributed by atoms with E-state index in [2.05, 4.69) is 4.74 Å². The predicted molar refractivity (Wildman–Crippen MR) is 62.0 cm³/mol. The number of ether oxygens (including phenoxy) is 1. The van der Waals surface area contributed by atoms with Gasteiger partial charge in [0.15, 0.2) is 6.61 Å².